The molecule has 10 heavy (non-hydrogen) atoms. The standard InChI is InChI=1S/C7H13NO2/c1-5(2)8-4-6(3)10-7(8)9/h5-6H,4H2,1-3H3. The largest absolute Gasteiger partial charge is 0.444 e. The first-order valence-electron chi connectivity index (χ1n) is 3.58. The van der Waals surface area contributed by atoms with Gasteiger partial charge in [0.15, 0.2) is 0 Å². The Morgan fingerprint density at radius 3 is 2.50 bits per heavy atom. The third kappa shape index (κ3) is 1.23. The number of cyclic esters (lactones) is 1. The Hall–Kier alpha value is -0.730. The van der Waals surface area contributed by atoms with Crippen molar-refractivity contribution in [2.45, 2.75) is 32.9 Å². The van der Waals surface area contributed by atoms with Gasteiger partial charge in [0, 0.05) is 6.04 Å². The van der Waals surface area contributed by atoms with Crippen LogP contribution >= 0.6 is 0 Å². The molecule has 0 aromatic carbocycles. The van der Waals surface area contributed by atoms with Crippen LogP contribution in [0, 0.1) is 0 Å². The molecule has 0 aliphatic carbocycles. The molecule has 58 valence electrons. The van der Waals surface area contributed by atoms with Crippen LogP contribution in [-0.2, 0) is 4.74 Å². The maximum absolute atomic E-state index is 10.9. The number of carbonyl (C=O) groups excluding carboxylic acids is 1. The van der Waals surface area contributed by atoms with Crippen LogP contribution in [0.3, 0.4) is 0 Å². The van der Waals surface area contributed by atoms with Crippen LogP contribution < -0.4 is 0 Å². The summed E-state index contributed by atoms with van der Waals surface area (Å²) in [6.45, 7) is 6.61. The summed E-state index contributed by atoms with van der Waals surface area (Å²) in [5, 5.41) is 0. The summed E-state index contributed by atoms with van der Waals surface area (Å²) in [5.41, 5.74) is 0. The number of nitrogens with zero attached hydrogens (tertiary/aromatic N) is 1. The van der Waals surface area contributed by atoms with Crippen molar-refractivity contribution < 1.29 is 9.53 Å². The maximum atomic E-state index is 10.9. The van der Waals surface area contributed by atoms with Crippen molar-refractivity contribution in [1.29, 1.82) is 0 Å². The zero-order valence-electron chi connectivity index (χ0n) is 6.63. The molecule has 1 rings (SSSR count). The highest BCUT2D eigenvalue weighted by molar-refractivity contribution is 5.70. The molecular weight excluding hydrogens is 130 g/mol. The summed E-state index contributed by atoms with van der Waals surface area (Å²) in [6.07, 6.45) is -0.114. The Labute approximate surface area is 61.0 Å². The van der Waals surface area contributed by atoms with Gasteiger partial charge < -0.3 is 9.64 Å². The fraction of sp³-hybridized carbons (Fsp3) is 0.857. The number of rotatable bonds is 1. The maximum Gasteiger partial charge on any atom is 0.410 e. The first-order chi connectivity index (χ1) is 4.61. The van der Waals surface area contributed by atoms with E-state index in [1.165, 1.54) is 0 Å². The van der Waals surface area contributed by atoms with Crippen molar-refractivity contribution in [2.24, 2.45) is 0 Å². The van der Waals surface area contributed by atoms with Crippen LogP contribution in [0.2, 0.25) is 0 Å². The molecule has 3 nitrogen and oxygen atoms in total. The van der Waals surface area contributed by atoms with E-state index in [2.05, 4.69) is 0 Å². The van der Waals surface area contributed by atoms with Crippen molar-refractivity contribution >= 4 is 6.09 Å². The average Bonchev–Trinajstić information content (AvgIpc) is 2.10. The van der Waals surface area contributed by atoms with E-state index in [0.717, 1.165) is 6.54 Å². The predicted octanol–water partition coefficient (Wildman–Crippen LogP) is 1.24. The van der Waals surface area contributed by atoms with Gasteiger partial charge in [0.1, 0.15) is 6.10 Å². The van der Waals surface area contributed by atoms with Crippen LogP contribution in [0.15, 0.2) is 0 Å². The highest BCUT2D eigenvalue weighted by atomic mass is 16.6. The van der Waals surface area contributed by atoms with E-state index in [0.29, 0.717) is 0 Å². The van der Waals surface area contributed by atoms with Gasteiger partial charge in [0.2, 0.25) is 0 Å². The lowest BCUT2D eigenvalue weighted by Gasteiger charge is -2.16. The highest BCUT2D eigenvalue weighted by Gasteiger charge is 2.29. The van der Waals surface area contributed by atoms with Crippen LogP contribution in [-0.4, -0.2) is 29.7 Å². The van der Waals surface area contributed by atoms with E-state index in [9.17, 15) is 4.79 Å². The third-order valence-electron chi connectivity index (χ3n) is 1.61. The van der Waals surface area contributed by atoms with E-state index in [-0.39, 0.29) is 18.2 Å². The number of hydrogen-bond donors (Lipinski definition) is 0. The monoisotopic (exact) mass is 143 g/mol. The van der Waals surface area contributed by atoms with E-state index in [1.54, 1.807) is 4.90 Å². The molecule has 1 fully saturated rings. The van der Waals surface area contributed by atoms with Crippen molar-refractivity contribution in [3.8, 4) is 0 Å². The number of hydrogen-bond acceptors (Lipinski definition) is 2. The Morgan fingerprint density at radius 1 is 1.70 bits per heavy atom. The molecule has 1 aliphatic rings. The number of ether oxygens (including phenoxy) is 1. The van der Waals surface area contributed by atoms with E-state index in [4.69, 9.17) is 4.74 Å². The predicted molar refractivity (Wildman–Crippen MR) is 37.8 cm³/mol. The van der Waals surface area contributed by atoms with Crippen LogP contribution in [0.25, 0.3) is 0 Å². The SMILES string of the molecule is CC1CN(C(C)C)C(=O)O1. The smallest absolute Gasteiger partial charge is 0.410 e. The number of carbonyl (C=O) groups is 1. The van der Waals surface area contributed by atoms with Gasteiger partial charge in [-0.2, -0.15) is 0 Å². The zero-order chi connectivity index (χ0) is 7.72. The van der Waals surface area contributed by atoms with Crippen LogP contribution in [0.5, 0.6) is 0 Å². The summed E-state index contributed by atoms with van der Waals surface area (Å²) < 4.78 is 4.92. The minimum atomic E-state index is -0.178. The first kappa shape index (κ1) is 7.38. The lowest BCUT2D eigenvalue weighted by molar-refractivity contribution is 0.135. The fourth-order valence-corrected chi connectivity index (χ4v) is 1.05. The van der Waals surface area contributed by atoms with Crippen molar-refractivity contribution in [3.63, 3.8) is 0 Å². The van der Waals surface area contributed by atoms with Crippen molar-refractivity contribution in [2.75, 3.05) is 6.54 Å². The molecule has 1 atom stereocenters. The molecule has 0 N–H and O–H groups in total. The normalized spacial score (nSPS) is 25.8. The molecule has 1 saturated heterocycles. The zero-order valence-corrected chi connectivity index (χ0v) is 6.63. The molecule has 1 heterocycles. The van der Waals surface area contributed by atoms with Gasteiger partial charge in [-0.05, 0) is 20.8 Å². The molecule has 0 spiro atoms. The van der Waals surface area contributed by atoms with Crippen molar-refractivity contribution in [3.05, 3.63) is 0 Å². The van der Waals surface area contributed by atoms with Gasteiger partial charge in [-0.3, -0.25) is 0 Å². The minimum absolute atomic E-state index is 0.0647. The van der Waals surface area contributed by atoms with E-state index in [1.807, 2.05) is 20.8 Å². The lowest BCUT2D eigenvalue weighted by atomic mass is 10.3. The Balaban J connectivity index is 2.55. The average molecular weight is 143 g/mol. The van der Waals surface area contributed by atoms with Crippen LogP contribution in [0.1, 0.15) is 20.8 Å². The molecule has 3 heteroatoms. The number of amides is 1. The molecule has 1 unspecified atom stereocenters. The molecule has 1 amide bonds. The Kier molecular flexibility index (Phi) is 1.83. The van der Waals surface area contributed by atoms with Crippen LogP contribution in [0.4, 0.5) is 4.79 Å². The topological polar surface area (TPSA) is 29.5 Å². The Bertz CT molecular complexity index is 145. The Morgan fingerprint density at radius 2 is 2.30 bits per heavy atom. The van der Waals surface area contributed by atoms with Gasteiger partial charge >= 0.3 is 6.09 Å². The summed E-state index contributed by atoms with van der Waals surface area (Å²) in [5.74, 6) is 0. The second kappa shape index (κ2) is 2.48. The second-order valence-corrected chi connectivity index (χ2v) is 2.94. The van der Waals surface area contributed by atoms with Gasteiger partial charge in [0.25, 0.3) is 0 Å². The van der Waals surface area contributed by atoms with Gasteiger partial charge in [-0.1, -0.05) is 0 Å². The molecule has 0 aromatic rings. The van der Waals surface area contributed by atoms with E-state index >= 15 is 0 Å². The summed E-state index contributed by atoms with van der Waals surface area (Å²) in [4.78, 5) is 12.7. The third-order valence-corrected chi connectivity index (χ3v) is 1.61. The molecule has 1 aliphatic heterocycles. The fourth-order valence-electron chi connectivity index (χ4n) is 1.05. The second-order valence-electron chi connectivity index (χ2n) is 2.94. The molecule has 0 bridgehead atoms. The van der Waals surface area contributed by atoms with Gasteiger partial charge in [-0.25, -0.2) is 4.79 Å². The summed E-state index contributed by atoms with van der Waals surface area (Å²) in [7, 11) is 0. The molecule has 0 saturated carbocycles. The highest BCUT2D eigenvalue weighted by Crippen LogP contribution is 2.12. The summed E-state index contributed by atoms with van der Waals surface area (Å²) >= 11 is 0. The summed E-state index contributed by atoms with van der Waals surface area (Å²) in [6, 6.07) is 0.262. The molecule has 0 radical (unpaired) electrons. The molecular formula is C7H13NO2. The van der Waals surface area contributed by atoms with Gasteiger partial charge in [0.05, 0.1) is 6.54 Å². The minimum Gasteiger partial charge on any atom is -0.444 e. The lowest BCUT2D eigenvalue weighted by Crippen LogP contribution is -2.31. The quantitative estimate of drug-likeness (QED) is 0.552. The van der Waals surface area contributed by atoms with E-state index < -0.39 is 0 Å². The van der Waals surface area contributed by atoms with Gasteiger partial charge in [-0.15, -0.1) is 0 Å². The first-order valence-corrected chi connectivity index (χ1v) is 3.58. The van der Waals surface area contributed by atoms with Crippen molar-refractivity contribution in [1.82, 2.24) is 4.90 Å². The molecule has 0 aromatic heterocycles.